The lowest BCUT2D eigenvalue weighted by molar-refractivity contribution is 0.244. The fourth-order valence-electron chi connectivity index (χ4n) is 2.51. The maximum atomic E-state index is 9.54. The van der Waals surface area contributed by atoms with Crippen LogP contribution in [0.3, 0.4) is 0 Å². The molecule has 4 nitrogen and oxygen atoms in total. The van der Waals surface area contributed by atoms with Crippen LogP contribution in [0.25, 0.3) is 0 Å². The Morgan fingerprint density at radius 3 is 2.78 bits per heavy atom. The van der Waals surface area contributed by atoms with Crippen LogP contribution in [0.1, 0.15) is 31.7 Å². The maximum absolute atomic E-state index is 9.54. The van der Waals surface area contributed by atoms with Gasteiger partial charge in [-0.05, 0) is 19.3 Å². The van der Waals surface area contributed by atoms with Crippen molar-refractivity contribution in [1.29, 1.82) is 0 Å². The highest BCUT2D eigenvalue weighted by Crippen LogP contribution is 2.32. The molecule has 0 aliphatic carbocycles. The topological polar surface area (TPSA) is 49.2 Å². The highest BCUT2D eigenvalue weighted by atomic mass is 35.5. The predicted molar refractivity (Wildman–Crippen MR) is 73.2 cm³/mol. The quantitative estimate of drug-likeness (QED) is 0.855. The van der Waals surface area contributed by atoms with Gasteiger partial charge in [0.2, 0.25) is 0 Å². The van der Waals surface area contributed by atoms with Crippen LogP contribution in [-0.4, -0.2) is 34.3 Å². The Bertz CT molecular complexity index is 438. The Labute approximate surface area is 113 Å². The van der Waals surface area contributed by atoms with E-state index < -0.39 is 0 Å². The number of hydrogen-bond donors (Lipinski definition) is 1. The number of rotatable bonds is 3. The Morgan fingerprint density at radius 1 is 1.44 bits per heavy atom. The van der Waals surface area contributed by atoms with Gasteiger partial charge < -0.3 is 10.0 Å². The molecule has 0 bridgehead atoms. The van der Waals surface area contributed by atoms with Gasteiger partial charge in [-0.15, -0.1) is 0 Å². The van der Waals surface area contributed by atoms with Crippen molar-refractivity contribution < 1.29 is 5.11 Å². The van der Waals surface area contributed by atoms with Gasteiger partial charge in [0.25, 0.3) is 0 Å². The number of nitrogens with zero attached hydrogens (tertiary/aromatic N) is 3. The van der Waals surface area contributed by atoms with E-state index in [0.717, 1.165) is 36.6 Å². The Morgan fingerprint density at radius 2 is 2.17 bits per heavy atom. The summed E-state index contributed by atoms with van der Waals surface area (Å²) in [7, 11) is 0. The summed E-state index contributed by atoms with van der Waals surface area (Å²) in [5, 5.41) is 10.1. The highest BCUT2D eigenvalue weighted by Gasteiger charge is 2.32. The predicted octanol–water partition coefficient (Wildman–Crippen LogP) is 2.21. The van der Waals surface area contributed by atoms with Gasteiger partial charge in [0.1, 0.15) is 16.8 Å². The van der Waals surface area contributed by atoms with Gasteiger partial charge in [-0.25, -0.2) is 9.97 Å². The summed E-state index contributed by atoms with van der Waals surface area (Å²) in [6, 6.07) is 0.138. The van der Waals surface area contributed by atoms with E-state index in [2.05, 4.69) is 21.8 Å². The van der Waals surface area contributed by atoms with Gasteiger partial charge in [0.05, 0.1) is 12.6 Å². The standard InChI is InChI=1S/C13H20ClN3O/c1-4-11-15-12(14)9(3)13(16-11)17-6-5-8(2)10(17)7-18/h8,10,18H,4-7H2,1-3H3. The van der Waals surface area contributed by atoms with E-state index in [1.165, 1.54) is 0 Å². The highest BCUT2D eigenvalue weighted by molar-refractivity contribution is 6.30. The Kier molecular flexibility index (Phi) is 4.07. The van der Waals surface area contributed by atoms with E-state index in [1.807, 2.05) is 13.8 Å². The van der Waals surface area contributed by atoms with Crippen molar-refractivity contribution in [2.24, 2.45) is 5.92 Å². The van der Waals surface area contributed by atoms with E-state index in [9.17, 15) is 5.11 Å². The number of hydrogen-bond acceptors (Lipinski definition) is 4. The van der Waals surface area contributed by atoms with E-state index in [0.29, 0.717) is 11.1 Å². The minimum atomic E-state index is 0.138. The zero-order chi connectivity index (χ0) is 13.3. The van der Waals surface area contributed by atoms with Gasteiger partial charge in [-0.2, -0.15) is 0 Å². The maximum Gasteiger partial charge on any atom is 0.137 e. The molecule has 1 aliphatic rings. The molecule has 1 fully saturated rings. The van der Waals surface area contributed by atoms with Crippen molar-refractivity contribution in [3.8, 4) is 0 Å². The van der Waals surface area contributed by atoms with Crippen molar-refractivity contribution >= 4 is 17.4 Å². The first kappa shape index (κ1) is 13.6. The normalized spacial score (nSPS) is 23.7. The number of aromatic nitrogens is 2. The molecular formula is C13H20ClN3O. The molecule has 5 heteroatoms. The number of aliphatic hydroxyl groups excluding tert-OH is 1. The van der Waals surface area contributed by atoms with Crippen LogP contribution in [0.5, 0.6) is 0 Å². The van der Waals surface area contributed by atoms with Crippen LogP contribution in [0, 0.1) is 12.8 Å². The molecule has 1 aromatic rings. The number of aliphatic hydroxyl groups is 1. The second kappa shape index (κ2) is 5.41. The SMILES string of the molecule is CCc1nc(Cl)c(C)c(N2CCC(C)C2CO)n1. The van der Waals surface area contributed by atoms with E-state index >= 15 is 0 Å². The van der Waals surface area contributed by atoms with Crippen LogP contribution in [-0.2, 0) is 6.42 Å². The molecule has 0 amide bonds. The van der Waals surface area contributed by atoms with Gasteiger partial charge in [-0.1, -0.05) is 25.4 Å². The molecule has 2 rings (SSSR count). The van der Waals surface area contributed by atoms with E-state index in [-0.39, 0.29) is 12.6 Å². The molecule has 100 valence electrons. The summed E-state index contributed by atoms with van der Waals surface area (Å²) in [5.41, 5.74) is 0.904. The van der Waals surface area contributed by atoms with Gasteiger partial charge >= 0.3 is 0 Å². The van der Waals surface area contributed by atoms with Crippen LogP contribution in [0.2, 0.25) is 5.15 Å². The van der Waals surface area contributed by atoms with Crippen LogP contribution < -0.4 is 4.90 Å². The van der Waals surface area contributed by atoms with Crippen molar-refractivity contribution in [1.82, 2.24) is 9.97 Å². The average molecular weight is 270 g/mol. The van der Waals surface area contributed by atoms with Gasteiger partial charge in [0.15, 0.2) is 0 Å². The lowest BCUT2D eigenvalue weighted by atomic mass is 10.0. The lowest BCUT2D eigenvalue weighted by Gasteiger charge is -2.28. The van der Waals surface area contributed by atoms with E-state index in [1.54, 1.807) is 0 Å². The Hall–Kier alpha value is -0.870. The zero-order valence-corrected chi connectivity index (χ0v) is 11.9. The first-order valence-electron chi connectivity index (χ1n) is 6.49. The summed E-state index contributed by atoms with van der Waals surface area (Å²) in [5.74, 6) is 2.13. The molecule has 1 N–H and O–H groups in total. The van der Waals surface area contributed by atoms with Crippen molar-refractivity contribution in [2.45, 2.75) is 39.7 Å². The van der Waals surface area contributed by atoms with Crippen LogP contribution in [0.4, 0.5) is 5.82 Å². The van der Waals surface area contributed by atoms with Crippen molar-refractivity contribution in [2.75, 3.05) is 18.1 Å². The Balaban J connectivity index is 2.41. The van der Waals surface area contributed by atoms with Gasteiger partial charge in [0, 0.05) is 18.5 Å². The fourth-order valence-corrected chi connectivity index (χ4v) is 2.69. The molecule has 1 aromatic heterocycles. The first-order valence-corrected chi connectivity index (χ1v) is 6.86. The third-order valence-electron chi connectivity index (χ3n) is 3.76. The molecule has 2 unspecified atom stereocenters. The minimum absolute atomic E-state index is 0.138. The molecule has 0 radical (unpaired) electrons. The monoisotopic (exact) mass is 269 g/mol. The number of anilines is 1. The smallest absolute Gasteiger partial charge is 0.137 e. The second-order valence-electron chi connectivity index (χ2n) is 4.94. The molecule has 0 saturated carbocycles. The summed E-state index contributed by atoms with van der Waals surface area (Å²) in [6.07, 6.45) is 1.84. The molecule has 2 heterocycles. The largest absolute Gasteiger partial charge is 0.394 e. The molecule has 1 saturated heterocycles. The van der Waals surface area contributed by atoms with Crippen LogP contribution in [0.15, 0.2) is 0 Å². The summed E-state index contributed by atoms with van der Waals surface area (Å²) in [4.78, 5) is 11.0. The first-order chi connectivity index (χ1) is 8.58. The van der Waals surface area contributed by atoms with Crippen molar-refractivity contribution in [3.63, 3.8) is 0 Å². The molecule has 0 spiro atoms. The molecule has 0 aromatic carbocycles. The molecule has 18 heavy (non-hydrogen) atoms. The van der Waals surface area contributed by atoms with Gasteiger partial charge in [-0.3, -0.25) is 0 Å². The zero-order valence-electron chi connectivity index (χ0n) is 11.1. The fraction of sp³-hybridized carbons (Fsp3) is 0.692. The van der Waals surface area contributed by atoms with Crippen molar-refractivity contribution in [3.05, 3.63) is 16.5 Å². The molecule has 1 aliphatic heterocycles. The summed E-state index contributed by atoms with van der Waals surface area (Å²) >= 11 is 6.16. The lowest BCUT2D eigenvalue weighted by Crippen LogP contribution is -2.36. The summed E-state index contributed by atoms with van der Waals surface area (Å²) < 4.78 is 0. The van der Waals surface area contributed by atoms with Crippen LogP contribution >= 0.6 is 11.6 Å². The number of halogens is 1. The average Bonchev–Trinajstić information content (AvgIpc) is 2.73. The minimum Gasteiger partial charge on any atom is -0.394 e. The third-order valence-corrected chi connectivity index (χ3v) is 4.13. The number of aryl methyl sites for hydroxylation is 1. The summed E-state index contributed by atoms with van der Waals surface area (Å²) in [6.45, 7) is 7.20. The second-order valence-corrected chi connectivity index (χ2v) is 5.30. The molecular weight excluding hydrogens is 250 g/mol. The molecule has 2 atom stereocenters. The third kappa shape index (κ3) is 2.31. The van der Waals surface area contributed by atoms with E-state index in [4.69, 9.17) is 11.6 Å².